The quantitative estimate of drug-likeness (QED) is 0.474. The number of nitrogens with zero attached hydrogens (tertiary/aromatic N) is 3. The number of ether oxygens (including phenoxy) is 1. The molecule has 0 aliphatic carbocycles. The van der Waals surface area contributed by atoms with Crippen LogP contribution in [0.4, 0.5) is 5.69 Å². The van der Waals surface area contributed by atoms with Crippen LogP contribution in [0.5, 0.6) is 5.75 Å². The molecule has 0 aliphatic rings. The molecule has 6 heteroatoms. The van der Waals surface area contributed by atoms with E-state index in [-0.39, 0.29) is 5.56 Å². The standard InChI is InChI=1S/C23H17N3O3/c1-24-20-14-17(19-15-18(23(27)28)8-10-25-19)6-7-22(20)29-13-12-26-11-9-16-4-2-3-5-21(16)26/h2-11,14-15H,12-13H2,(H,27,28). The maximum atomic E-state index is 11.2. The third-order valence-corrected chi connectivity index (χ3v) is 4.65. The SMILES string of the molecule is [C-]#[N+]c1cc(-c2cc(C(=O)O)ccn2)ccc1OCCn1ccc2ccccc21. The van der Waals surface area contributed by atoms with Crippen LogP contribution in [0, 0.1) is 6.57 Å². The Bertz CT molecular complexity index is 1240. The molecule has 2 aromatic carbocycles. The molecule has 142 valence electrons. The molecule has 29 heavy (non-hydrogen) atoms. The van der Waals surface area contributed by atoms with Crippen molar-refractivity contribution < 1.29 is 14.6 Å². The number of benzene rings is 2. The van der Waals surface area contributed by atoms with Gasteiger partial charge in [0.05, 0.1) is 24.4 Å². The molecular weight excluding hydrogens is 366 g/mol. The molecule has 4 rings (SSSR count). The fraction of sp³-hybridized carbons (Fsp3) is 0.0870. The van der Waals surface area contributed by atoms with Crippen LogP contribution in [-0.4, -0.2) is 27.2 Å². The maximum absolute atomic E-state index is 11.2. The highest BCUT2D eigenvalue weighted by Crippen LogP contribution is 2.32. The van der Waals surface area contributed by atoms with Crippen molar-refractivity contribution in [2.24, 2.45) is 0 Å². The third-order valence-electron chi connectivity index (χ3n) is 4.65. The Hall–Kier alpha value is -4.11. The van der Waals surface area contributed by atoms with Crippen molar-refractivity contribution in [3.8, 4) is 17.0 Å². The van der Waals surface area contributed by atoms with Gasteiger partial charge in [-0.15, -0.1) is 0 Å². The molecule has 0 amide bonds. The number of rotatable bonds is 6. The zero-order chi connectivity index (χ0) is 20.2. The molecule has 2 heterocycles. The predicted octanol–water partition coefficient (Wildman–Crippen LogP) is 5.03. The van der Waals surface area contributed by atoms with Gasteiger partial charge in [-0.1, -0.05) is 24.3 Å². The van der Waals surface area contributed by atoms with Crippen molar-refractivity contribution in [1.82, 2.24) is 9.55 Å². The highest BCUT2D eigenvalue weighted by molar-refractivity contribution is 5.89. The molecule has 0 radical (unpaired) electrons. The van der Waals surface area contributed by atoms with Gasteiger partial charge in [0.15, 0.2) is 0 Å². The number of para-hydroxylation sites is 1. The molecule has 0 saturated heterocycles. The van der Waals surface area contributed by atoms with Gasteiger partial charge in [-0.25, -0.2) is 9.64 Å². The number of hydrogen-bond donors (Lipinski definition) is 1. The second kappa shape index (κ2) is 7.87. The van der Waals surface area contributed by atoms with Gasteiger partial charge in [0.25, 0.3) is 0 Å². The van der Waals surface area contributed by atoms with Crippen molar-refractivity contribution in [2.45, 2.75) is 6.54 Å². The lowest BCUT2D eigenvalue weighted by atomic mass is 10.1. The molecule has 1 N–H and O–H groups in total. The second-order valence-corrected chi connectivity index (χ2v) is 6.45. The van der Waals surface area contributed by atoms with Crippen LogP contribution < -0.4 is 4.74 Å². The summed E-state index contributed by atoms with van der Waals surface area (Å²) in [6.45, 7) is 8.55. The summed E-state index contributed by atoms with van der Waals surface area (Å²) in [7, 11) is 0. The molecule has 0 atom stereocenters. The number of carboxylic acids is 1. The molecular formula is C23H17N3O3. The second-order valence-electron chi connectivity index (χ2n) is 6.45. The van der Waals surface area contributed by atoms with Crippen LogP contribution in [0.15, 0.2) is 73.1 Å². The number of hydrogen-bond acceptors (Lipinski definition) is 3. The minimum absolute atomic E-state index is 0.152. The fourth-order valence-corrected chi connectivity index (χ4v) is 3.20. The van der Waals surface area contributed by atoms with Gasteiger partial charge in [-0.05, 0) is 47.3 Å². The van der Waals surface area contributed by atoms with Gasteiger partial charge in [0, 0.05) is 17.9 Å². The van der Waals surface area contributed by atoms with E-state index in [9.17, 15) is 4.79 Å². The molecule has 0 fully saturated rings. The van der Waals surface area contributed by atoms with Crippen LogP contribution in [0.2, 0.25) is 0 Å². The summed E-state index contributed by atoms with van der Waals surface area (Å²) in [5.41, 5.74) is 2.82. The summed E-state index contributed by atoms with van der Waals surface area (Å²) < 4.78 is 7.97. The number of aromatic nitrogens is 2. The Labute approximate surface area is 167 Å². The molecule has 0 aliphatic heterocycles. The normalized spacial score (nSPS) is 10.6. The summed E-state index contributed by atoms with van der Waals surface area (Å²) >= 11 is 0. The Kier molecular flexibility index (Phi) is 4.95. The van der Waals surface area contributed by atoms with Gasteiger partial charge in [-0.2, -0.15) is 0 Å². The molecule has 4 aromatic rings. The van der Waals surface area contributed by atoms with Crippen LogP contribution in [0.25, 0.3) is 27.0 Å². The van der Waals surface area contributed by atoms with E-state index >= 15 is 0 Å². The van der Waals surface area contributed by atoms with Crippen molar-refractivity contribution in [2.75, 3.05) is 6.61 Å². The zero-order valence-corrected chi connectivity index (χ0v) is 15.4. The van der Waals surface area contributed by atoms with E-state index in [2.05, 4.69) is 32.6 Å². The summed E-state index contributed by atoms with van der Waals surface area (Å²) in [6, 6.07) is 18.3. The van der Waals surface area contributed by atoms with E-state index in [1.807, 2.05) is 18.3 Å². The number of fused-ring (bicyclic) bond motifs is 1. The predicted molar refractivity (Wildman–Crippen MR) is 110 cm³/mol. The largest absolute Gasteiger partial charge is 0.503 e. The van der Waals surface area contributed by atoms with Crippen molar-refractivity contribution in [1.29, 1.82) is 0 Å². The van der Waals surface area contributed by atoms with Gasteiger partial charge in [-0.3, -0.25) is 4.98 Å². The Morgan fingerprint density at radius 1 is 1.14 bits per heavy atom. The first-order valence-corrected chi connectivity index (χ1v) is 9.03. The maximum Gasteiger partial charge on any atom is 0.335 e. The Morgan fingerprint density at radius 2 is 2.00 bits per heavy atom. The number of pyridine rings is 1. The van der Waals surface area contributed by atoms with E-state index in [0.717, 1.165) is 5.52 Å². The van der Waals surface area contributed by atoms with Crippen molar-refractivity contribution in [3.63, 3.8) is 0 Å². The van der Waals surface area contributed by atoms with Crippen LogP contribution in [0.1, 0.15) is 10.4 Å². The monoisotopic (exact) mass is 383 g/mol. The first-order chi connectivity index (χ1) is 14.2. The summed E-state index contributed by atoms with van der Waals surface area (Å²) in [5, 5.41) is 10.3. The van der Waals surface area contributed by atoms with E-state index in [1.54, 1.807) is 18.2 Å². The average Bonchev–Trinajstić information content (AvgIpc) is 3.17. The average molecular weight is 383 g/mol. The number of carboxylic acid groups (broad SMARTS) is 1. The molecule has 2 aromatic heterocycles. The molecule has 0 bridgehead atoms. The van der Waals surface area contributed by atoms with Crippen LogP contribution in [-0.2, 0) is 6.54 Å². The Balaban J connectivity index is 1.51. The summed E-state index contributed by atoms with van der Waals surface area (Å²) in [6.07, 6.45) is 3.47. The lowest BCUT2D eigenvalue weighted by Gasteiger charge is -2.11. The van der Waals surface area contributed by atoms with Gasteiger partial charge >= 0.3 is 5.97 Å². The van der Waals surface area contributed by atoms with E-state index in [4.69, 9.17) is 16.4 Å². The smallest absolute Gasteiger partial charge is 0.335 e. The highest BCUT2D eigenvalue weighted by atomic mass is 16.5. The minimum atomic E-state index is -1.02. The van der Waals surface area contributed by atoms with Crippen LogP contribution >= 0.6 is 0 Å². The van der Waals surface area contributed by atoms with Crippen LogP contribution in [0.3, 0.4) is 0 Å². The number of carbonyl (C=O) groups is 1. The number of aromatic carboxylic acids is 1. The molecule has 0 unspecified atom stereocenters. The van der Waals surface area contributed by atoms with E-state index < -0.39 is 5.97 Å². The first kappa shape index (κ1) is 18.3. The summed E-state index contributed by atoms with van der Waals surface area (Å²) in [5.74, 6) is -0.522. The zero-order valence-electron chi connectivity index (χ0n) is 15.4. The first-order valence-electron chi connectivity index (χ1n) is 9.03. The van der Waals surface area contributed by atoms with E-state index in [0.29, 0.717) is 35.8 Å². The fourth-order valence-electron chi connectivity index (χ4n) is 3.20. The third kappa shape index (κ3) is 3.80. The topological polar surface area (TPSA) is 68.7 Å². The molecule has 6 nitrogen and oxygen atoms in total. The van der Waals surface area contributed by atoms with E-state index in [1.165, 1.54) is 23.7 Å². The lowest BCUT2D eigenvalue weighted by molar-refractivity contribution is 0.0697. The lowest BCUT2D eigenvalue weighted by Crippen LogP contribution is -2.07. The van der Waals surface area contributed by atoms with Crippen molar-refractivity contribution in [3.05, 3.63) is 90.0 Å². The minimum Gasteiger partial charge on any atom is -0.503 e. The Morgan fingerprint density at radius 3 is 2.83 bits per heavy atom. The van der Waals surface area contributed by atoms with Gasteiger partial charge < -0.3 is 14.4 Å². The summed E-state index contributed by atoms with van der Waals surface area (Å²) in [4.78, 5) is 18.9. The van der Waals surface area contributed by atoms with Gasteiger partial charge in [0.1, 0.15) is 12.4 Å². The molecule has 0 spiro atoms. The molecule has 0 saturated carbocycles. The van der Waals surface area contributed by atoms with Crippen molar-refractivity contribution >= 4 is 22.6 Å². The highest BCUT2D eigenvalue weighted by Gasteiger charge is 2.10. The van der Waals surface area contributed by atoms with Gasteiger partial charge in [0.2, 0.25) is 5.69 Å².